The van der Waals surface area contributed by atoms with Crippen LogP contribution < -0.4 is 0 Å². The molecule has 1 aliphatic rings. The molecule has 0 saturated heterocycles. The Balaban J connectivity index is 2.09. The lowest BCUT2D eigenvalue weighted by Gasteiger charge is -2.40. The Kier molecular flexibility index (Phi) is 2.79. The van der Waals surface area contributed by atoms with Crippen LogP contribution in [0, 0.1) is 0 Å². The van der Waals surface area contributed by atoms with Crippen molar-refractivity contribution in [3.63, 3.8) is 0 Å². The molecule has 0 aromatic carbocycles. The minimum atomic E-state index is 0.0432. The van der Waals surface area contributed by atoms with Gasteiger partial charge in [0, 0.05) is 13.3 Å². The van der Waals surface area contributed by atoms with E-state index >= 15 is 0 Å². The van der Waals surface area contributed by atoms with Crippen molar-refractivity contribution < 1.29 is 4.74 Å². The van der Waals surface area contributed by atoms with Gasteiger partial charge in [-0.1, -0.05) is 0 Å². The number of aromatic nitrogens is 2. The Bertz CT molecular complexity index is 301. The first-order valence-corrected chi connectivity index (χ1v) is 5.43. The Labute approximate surface area is 89.0 Å². The van der Waals surface area contributed by atoms with Crippen LogP contribution in [0.25, 0.3) is 0 Å². The van der Waals surface area contributed by atoms with E-state index in [0.717, 1.165) is 25.1 Å². The monoisotopic (exact) mass is 214 g/mol. The minimum Gasteiger partial charge on any atom is -0.376 e. The fourth-order valence-corrected chi connectivity index (χ4v) is 2.13. The first-order valence-electron chi connectivity index (χ1n) is 4.90. The summed E-state index contributed by atoms with van der Waals surface area (Å²) < 4.78 is 7.65. The molecule has 78 valence electrons. The number of halogens is 1. The predicted octanol–water partition coefficient (Wildman–Crippen LogP) is 2.19. The molecule has 1 aromatic heterocycles. The van der Waals surface area contributed by atoms with Gasteiger partial charge in [0.15, 0.2) is 0 Å². The first kappa shape index (κ1) is 9.99. The molecule has 1 heterocycles. The van der Waals surface area contributed by atoms with Crippen molar-refractivity contribution in [2.45, 2.75) is 37.3 Å². The highest BCUT2D eigenvalue weighted by atomic mass is 35.5. The van der Waals surface area contributed by atoms with Crippen molar-refractivity contribution in [3.8, 4) is 0 Å². The predicted molar refractivity (Wildman–Crippen MR) is 55.4 cm³/mol. The number of hydrogen-bond acceptors (Lipinski definition) is 2. The van der Waals surface area contributed by atoms with E-state index in [9.17, 15) is 0 Å². The maximum absolute atomic E-state index is 5.81. The topological polar surface area (TPSA) is 27.1 Å². The van der Waals surface area contributed by atoms with E-state index in [0.29, 0.717) is 5.88 Å². The minimum absolute atomic E-state index is 0.0432. The van der Waals surface area contributed by atoms with Crippen LogP contribution in [0.2, 0.25) is 0 Å². The van der Waals surface area contributed by atoms with Gasteiger partial charge in [-0.2, -0.15) is 0 Å². The molecule has 1 saturated carbocycles. The molecule has 0 amide bonds. The normalized spacial score (nSPS) is 19.3. The van der Waals surface area contributed by atoms with Crippen LogP contribution in [-0.2, 0) is 17.2 Å². The smallest absolute Gasteiger partial charge is 0.0949 e. The highest BCUT2D eigenvalue weighted by Crippen LogP contribution is 2.36. The molecule has 0 aliphatic heterocycles. The van der Waals surface area contributed by atoms with Crippen LogP contribution in [-0.4, -0.2) is 22.3 Å². The maximum Gasteiger partial charge on any atom is 0.0949 e. The number of nitrogens with zero attached hydrogens (tertiary/aromatic N) is 2. The third kappa shape index (κ3) is 1.66. The van der Waals surface area contributed by atoms with Crippen LogP contribution in [0.15, 0.2) is 12.5 Å². The third-order valence-corrected chi connectivity index (χ3v) is 3.37. The van der Waals surface area contributed by atoms with Gasteiger partial charge < -0.3 is 9.30 Å². The molecule has 1 aliphatic carbocycles. The van der Waals surface area contributed by atoms with Crippen LogP contribution in [0.5, 0.6) is 0 Å². The van der Waals surface area contributed by atoms with Crippen LogP contribution in [0.3, 0.4) is 0 Å². The van der Waals surface area contributed by atoms with Crippen molar-refractivity contribution in [2.75, 3.05) is 7.11 Å². The van der Waals surface area contributed by atoms with E-state index in [4.69, 9.17) is 16.3 Å². The van der Waals surface area contributed by atoms with Gasteiger partial charge in [-0.25, -0.2) is 4.98 Å². The number of imidazole rings is 1. The number of rotatable bonds is 4. The van der Waals surface area contributed by atoms with Crippen LogP contribution in [0.1, 0.15) is 25.0 Å². The summed E-state index contributed by atoms with van der Waals surface area (Å²) in [5, 5.41) is 0. The number of ether oxygens (including phenoxy) is 1. The molecule has 0 atom stereocenters. The van der Waals surface area contributed by atoms with Gasteiger partial charge in [0.05, 0.1) is 30.0 Å². The van der Waals surface area contributed by atoms with E-state index in [1.165, 1.54) is 6.42 Å². The Morgan fingerprint density at radius 3 is 2.93 bits per heavy atom. The fourth-order valence-electron chi connectivity index (χ4n) is 1.91. The summed E-state index contributed by atoms with van der Waals surface area (Å²) in [5.41, 5.74) is 1.11. The van der Waals surface area contributed by atoms with Gasteiger partial charge in [-0.3, -0.25) is 0 Å². The Morgan fingerprint density at radius 2 is 2.43 bits per heavy atom. The van der Waals surface area contributed by atoms with Crippen molar-refractivity contribution in [2.24, 2.45) is 0 Å². The zero-order chi connectivity index (χ0) is 10.0. The molecule has 3 nitrogen and oxygen atoms in total. The number of alkyl halides is 1. The first-order chi connectivity index (χ1) is 6.79. The van der Waals surface area contributed by atoms with Gasteiger partial charge in [-0.15, -0.1) is 11.6 Å². The average Bonchev–Trinajstić information content (AvgIpc) is 2.58. The Hall–Kier alpha value is -0.540. The van der Waals surface area contributed by atoms with E-state index < -0.39 is 0 Å². The zero-order valence-corrected chi connectivity index (χ0v) is 9.13. The second-order valence-corrected chi connectivity index (χ2v) is 4.15. The Morgan fingerprint density at radius 1 is 1.64 bits per heavy atom. The molecule has 1 fully saturated rings. The van der Waals surface area contributed by atoms with E-state index in [2.05, 4.69) is 9.55 Å². The van der Waals surface area contributed by atoms with E-state index in [1.54, 1.807) is 7.11 Å². The molecule has 0 N–H and O–H groups in total. The SMILES string of the molecule is COC1(Cn2cncc2CCl)CCC1. The van der Waals surface area contributed by atoms with Gasteiger partial charge in [0.1, 0.15) is 0 Å². The van der Waals surface area contributed by atoms with Crippen molar-refractivity contribution in [3.05, 3.63) is 18.2 Å². The number of methoxy groups -OCH3 is 1. The molecule has 0 spiro atoms. The summed E-state index contributed by atoms with van der Waals surface area (Å²) in [4.78, 5) is 4.09. The molecular formula is C10H15ClN2O. The van der Waals surface area contributed by atoms with Crippen molar-refractivity contribution in [1.82, 2.24) is 9.55 Å². The average molecular weight is 215 g/mol. The fraction of sp³-hybridized carbons (Fsp3) is 0.700. The standard InChI is InChI=1S/C10H15ClN2O/c1-14-10(3-2-4-10)7-13-8-12-6-9(13)5-11/h6,8H,2-5,7H2,1H3. The van der Waals surface area contributed by atoms with Crippen molar-refractivity contribution >= 4 is 11.6 Å². The van der Waals surface area contributed by atoms with E-state index in [-0.39, 0.29) is 5.60 Å². The van der Waals surface area contributed by atoms with Gasteiger partial charge in [-0.05, 0) is 19.3 Å². The largest absolute Gasteiger partial charge is 0.376 e. The lowest BCUT2D eigenvalue weighted by molar-refractivity contribution is -0.0838. The molecular weight excluding hydrogens is 200 g/mol. The molecule has 0 bridgehead atoms. The zero-order valence-electron chi connectivity index (χ0n) is 8.37. The summed E-state index contributed by atoms with van der Waals surface area (Å²) in [6.45, 7) is 0.881. The second-order valence-electron chi connectivity index (χ2n) is 3.89. The molecule has 0 unspecified atom stereocenters. The number of hydrogen-bond donors (Lipinski definition) is 0. The highest BCUT2D eigenvalue weighted by Gasteiger charge is 2.37. The molecule has 1 aromatic rings. The molecule has 4 heteroatoms. The summed E-state index contributed by atoms with van der Waals surface area (Å²) in [7, 11) is 1.79. The van der Waals surface area contributed by atoms with E-state index in [1.807, 2.05) is 12.5 Å². The molecule has 14 heavy (non-hydrogen) atoms. The quantitative estimate of drug-likeness (QED) is 0.719. The summed E-state index contributed by atoms with van der Waals surface area (Å²) >= 11 is 5.81. The summed E-state index contributed by atoms with van der Waals surface area (Å²) in [6.07, 6.45) is 7.19. The van der Waals surface area contributed by atoms with Crippen LogP contribution in [0.4, 0.5) is 0 Å². The third-order valence-electron chi connectivity index (χ3n) is 3.09. The van der Waals surface area contributed by atoms with Gasteiger partial charge in [0.2, 0.25) is 0 Å². The van der Waals surface area contributed by atoms with Crippen LogP contribution >= 0.6 is 11.6 Å². The summed E-state index contributed by atoms with van der Waals surface area (Å²) in [5.74, 6) is 0.514. The summed E-state index contributed by atoms with van der Waals surface area (Å²) in [6, 6.07) is 0. The van der Waals surface area contributed by atoms with Crippen molar-refractivity contribution in [1.29, 1.82) is 0 Å². The lowest BCUT2D eigenvalue weighted by atomic mass is 9.80. The van der Waals surface area contributed by atoms with Gasteiger partial charge in [0.25, 0.3) is 0 Å². The molecule has 2 rings (SSSR count). The highest BCUT2D eigenvalue weighted by molar-refractivity contribution is 6.16. The maximum atomic E-state index is 5.81. The molecule has 0 radical (unpaired) electrons. The van der Waals surface area contributed by atoms with Gasteiger partial charge >= 0.3 is 0 Å². The lowest BCUT2D eigenvalue weighted by Crippen LogP contribution is -2.43. The second kappa shape index (κ2) is 3.91.